The lowest BCUT2D eigenvalue weighted by atomic mass is 10.1. The van der Waals surface area contributed by atoms with Crippen molar-refractivity contribution in [2.75, 3.05) is 13.2 Å². The molecule has 15 heteroatoms. The second kappa shape index (κ2) is 13.0. The van der Waals surface area contributed by atoms with Gasteiger partial charge >= 0.3 is 11.7 Å². The van der Waals surface area contributed by atoms with E-state index in [4.69, 9.17) is 27.0 Å². The van der Waals surface area contributed by atoms with Gasteiger partial charge in [0.25, 0.3) is 11.5 Å². The van der Waals surface area contributed by atoms with E-state index in [2.05, 4.69) is 10.3 Å². The van der Waals surface area contributed by atoms with Crippen molar-refractivity contribution in [2.24, 2.45) is 17.2 Å². The molecule has 3 aromatic rings. The third-order valence-electron chi connectivity index (χ3n) is 6.27. The van der Waals surface area contributed by atoms with Crippen LogP contribution in [0.15, 0.2) is 33.9 Å². The summed E-state index contributed by atoms with van der Waals surface area (Å²) in [5.41, 5.74) is 16.2. The minimum Gasteiger partial charge on any atom is -0.482 e. The number of primary amides is 1. The van der Waals surface area contributed by atoms with Crippen LogP contribution in [0.2, 0.25) is 0 Å². The van der Waals surface area contributed by atoms with E-state index in [0.29, 0.717) is 31.4 Å². The summed E-state index contributed by atoms with van der Waals surface area (Å²) in [6.45, 7) is 3.40. The number of nitrogens with zero attached hydrogens (tertiary/aromatic N) is 4. The first-order valence-electron chi connectivity index (χ1n) is 12.8. The van der Waals surface area contributed by atoms with Crippen molar-refractivity contribution in [2.45, 2.75) is 58.4 Å². The Morgan fingerprint density at radius 3 is 2.27 bits per heavy atom. The summed E-state index contributed by atoms with van der Waals surface area (Å²) in [5.74, 6) is -2.52. The topological polar surface area (TPSA) is 233 Å². The van der Waals surface area contributed by atoms with Gasteiger partial charge in [0.2, 0.25) is 5.91 Å². The molecule has 0 aliphatic heterocycles. The minimum atomic E-state index is -1.56. The Hall–Kier alpha value is -4.50. The van der Waals surface area contributed by atoms with E-state index in [1.54, 1.807) is 13.8 Å². The van der Waals surface area contributed by atoms with Gasteiger partial charge in [0.15, 0.2) is 23.9 Å². The Bertz CT molecular complexity index is 1510. The highest BCUT2D eigenvalue weighted by Crippen LogP contribution is 2.28. The number of amides is 2. The zero-order chi connectivity index (χ0) is 29.6. The molecule has 0 aliphatic rings. The summed E-state index contributed by atoms with van der Waals surface area (Å²) in [7, 11) is 0. The highest BCUT2D eigenvalue weighted by Gasteiger charge is 2.31. The number of aromatic nitrogens is 4. The number of hydrogen-bond donors (Lipinski definition) is 5. The molecule has 0 saturated carbocycles. The molecular formula is C25H34N8O7. The molecule has 216 valence electrons. The summed E-state index contributed by atoms with van der Waals surface area (Å²) < 4.78 is 8.70. The molecule has 0 fully saturated rings. The predicted molar refractivity (Wildman–Crippen MR) is 145 cm³/mol. The fraction of sp³-hybridized carbons (Fsp3) is 0.440. The number of carboxylic acid groups (broad SMARTS) is 1. The van der Waals surface area contributed by atoms with Crippen LogP contribution in [0.5, 0.6) is 5.75 Å². The van der Waals surface area contributed by atoms with E-state index in [-0.39, 0.29) is 35.8 Å². The van der Waals surface area contributed by atoms with Gasteiger partial charge in [0, 0.05) is 18.7 Å². The molecule has 2 amide bonds. The lowest BCUT2D eigenvalue weighted by Crippen LogP contribution is -2.48. The summed E-state index contributed by atoms with van der Waals surface area (Å²) in [6.07, 6.45) is -0.00152. The maximum absolute atomic E-state index is 13.3. The van der Waals surface area contributed by atoms with Crippen molar-refractivity contribution in [3.8, 4) is 17.1 Å². The van der Waals surface area contributed by atoms with E-state index >= 15 is 0 Å². The number of rotatable bonds is 14. The third kappa shape index (κ3) is 6.21. The van der Waals surface area contributed by atoms with Gasteiger partial charge in [-0.1, -0.05) is 6.42 Å². The Labute approximate surface area is 228 Å². The average Bonchev–Trinajstić information content (AvgIpc) is 3.31. The molecule has 15 nitrogen and oxygen atoms in total. The van der Waals surface area contributed by atoms with Gasteiger partial charge in [-0.05, 0) is 57.5 Å². The van der Waals surface area contributed by atoms with E-state index in [1.807, 2.05) is 0 Å². The summed E-state index contributed by atoms with van der Waals surface area (Å²) in [5, 5.41) is 11.4. The van der Waals surface area contributed by atoms with Crippen LogP contribution in [-0.4, -0.2) is 60.8 Å². The van der Waals surface area contributed by atoms with E-state index in [9.17, 15) is 24.0 Å². The number of carbonyl (C=O) groups is 3. The first kappa shape index (κ1) is 30.0. The second-order valence-corrected chi connectivity index (χ2v) is 8.97. The Balaban J connectivity index is 2.25. The number of aryl methyl sites for hydroxylation is 1. The first-order chi connectivity index (χ1) is 19.0. The molecule has 40 heavy (non-hydrogen) atoms. The van der Waals surface area contributed by atoms with Gasteiger partial charge in [-0.3, -0.25) is 28.1 Å². The number of unbranched alkanes of at least 4 members (excludes halogenated alkanes) is 1. The molecule has 0 radical (unpaired) electrons. The van der Waals surface area contributed by atoms with E-state index in [0.717, 1.165) is 4.57 Å². The zero-order valence-corrected chi connectivity index (χ0v) is 22.3. The van der Waals surface area contributed by atoms with Gasteiger partial charge in [-0.15, -0.1) is 0 Å². The maximum Gasteiger partial charge on any atom is 0.341 e. The van der Waals surface area contributed by atoms with Crippen LogP contribution in [0.4, 0.5) is 0 Å². The van der Waals surface area contributed by atoms with E-state index in [1.165, 1.54) is 33.4 Å². The standard InChI is InChI=1S/C25H34N8O7/c1-3-31-23-18(24(38)32(4-2)25(31)39)29-20(14-8-10-15(11-9-14)40-13-17(34)35)33(23)21(19(28)36)30-22(37)16(27)7-5-6-12-26/h8-11,16,21H,3-7,12-13,26-27H2,1-2H3,(H2,28,36)(H,30,37)(H,34,35)/t16-,21?/m1/s1. The molecule has 0 bridgehead atoms. The highest BCUT2D eigenvalue weighted by molar-refractivity contribution is 5.90. The number of nitrogens with two attached hydrogens (primary N) is 3. The van der Waals surface area contributed by atoms with E-state index < -0.39 is 47.8 Å². The average molecular weight is 559 g/mol. The van der Waals surface area contributed by atoms with Crippen LogP contribution < -0.4 is 38.5 Å². The number of hydrogen-bond acceptors (Lipinski definition) is 9. The molecule has 0 spiro atoms. The number of carboxylic acids is 1. The number of ether oxygens (including phenoxy) is 1. The quantitative estimate of drug-likeness (QED) is 0.153. The molecule has 3 rings (SSSR count). The molecule has 1 unspecified atom stereocenters. The number of benzene rings is 1. The third-order valence-corrected chi connectivity index (χ3v) is 6.27. The van der Waals surface area contributed by atoms with Gasteiger partial charge in [-0.25, -0.2) is 14.6 Å². The fourth-order valence-electron chi connectivity index (χ4n) is 4.28. The molecular weight excluding hydrogens is 524 g/mol. The van der Waals surface area contributed by atoms with Crippen LogP contribution >= 0.6 is 0 Å². The smallest absolute Gasteiger partial charge is 0.341 e. The van der Waals surface area contributed by atoms with Crippen LogP contribution in [0.25, 0.3) is 22.6 Å². The largest absolute Gasteiger partial charge is 0.482 e. The Morgan fingerprint density at radius 1 is 1.07 bits per heavy atom. The van der Waals surface area contributed by atoms with Crippen LogP contribution in [0, 0.1) is 0 Å². The van der Waals surface area contributed by atoms with Crippen LogP contribution in [-0.2, 0) is 27.5 Å². The van der Waals surface area contributed by atoms with Gasteiger partial charge in [0.05, 0.1) is 6.04 Å². The summed E-state index contributed by atoms with van der Waals surface area (Å²) in [6, 6.07) is 5.04. The van der Waals surface area contributed by atoms with Crippen molar-refractivity contribution in [1.82, 2.24) is 24.0 Å². The normalized spacial score (nSPS) is 12.7. The summed E-state index contributed by atoms with van der Waals surface area (Å²) in [4.78, 5) is 67.6. The number of fused-ring (bicyclic) bond motifs is 1. The zero-order valence-electron chi connectivity index (χ0n) is 22.3. The van der Waals surface area contributed by atoms with Crippen molar-refractivity contribution in [1.29, 1.82) is 0 Å². The van der Waals surface area contributed by atoms with Gasteiger partial charge < -0.3 is 32.4 Å². The van der Waals surface area contributed by atoms with Crippen LogP contribution in [0.1, 0.15) is 39.3 Å². The summed E-state index contributed by atoms with van der Waals surface area (Å²) >= 11 is 0. The Morgan fingerprint density at radius 2 is 1.73 bits per heavy atom. The first-order valence-corrected chi connectivity index (χ1v) is 12.8. The van der Waals surface area contributed by atoms with Crippen molar-refractivity contribution in [3.05, 3.63) is 45.1 Å². The molecule has 2 aromatic heterocycles. The fourth-order valence-corrected chi connectivity index (χ4v) is 4.28. The number of nitrogens with one attached hydrogen (secondary N) is 1. The van der Waals surface area contributed by atoms with Gasteiger partial charge in [0.1, 0.15) is 11.6 Å². The molecule has 0 saturated heterocycles. The number of carbonyl (C=O) groups excluding carboxylic acids is 2. The Kier molecular flexibility index (Phi) is 9.79. The SMILES string of the molecule is CCn1c(=O)c2nc(-c3ccc(OCC(=O)O)cc3)n(C(NC(=O)[C@H](N)CCCCN)C(N)=O)c2n(CC)c1=O. The lowest BCUT2D eigenvalue weighted by molar-refractivity contribution is -0.139. The minimum absolute atomic E-state index is 0.00999. The van der Waals surface area contributed by atoms with Crippen molar-refractivity contribution in [3.63, 3.8) is 0 Å². The maximum atomic E-state index is 13.3. The molecule has 2 heterocycles. The number of aliphatic carboxylic acids is 1. The van der Waals surface area contributed by atoms with Crippen LogP contribution in [0.3, 0.4) is 0 Å². The monoisotopic (exact) mass is 558 g/mol. The lowest BCUT2D eigenvalue weighted by Gasteiger charge is -2.23. The number of imidazole rings is 1. The van der Waals surface area contributed by atoms with Crippen molar-refractivity contribution >= 4 is 28.9 Å². The second-order valence-electron chi connectivity index (χ2n) is 8.97. The molecule has 8 N–H and O–H groups in total. The molecule has 1 aromatic carbocycles. The highest BCUT2D eigenvalue weighted by atomic mass is 16.5. The van der Waals surface area contributed by atoms with Crippen molar-refractivity contribution < 1.29 is 24.2 Å². The molecule has 0 aliphatic carbocycles. The predicted octanol–water partition coefficient (Wildman–Crippen LogP) is -0.914. The van der Waals surface area contributed by atoms with Gasteiger partial charge in [-0.2, -0.15) is 0 Å². The molecule has 2 atom stereocenters.